The summed E-state index contributed by atoms with van der Waals surface area (Å²) in [5.41, 5.74) is 3.28. The smallest absolute Gasteiger partial charge is 0.342 e. The number of fused-ring (bicyclic) bond motifs is 1. The SMILES string of the molecule is Cc1ccc([C@@H]2Cc3cccc(O)c3C(=O)O2)cc1. The first-order valence-electron chi connectivity index (χ1n) is 6.23. The molecule has 1 aliphatic rings. The molecule has 0 bridgehead atoms. The Kier molecular flexibility index (Phi) is 2.75. The first-order chi connectivity index (χ1) is 9.15. The number of aryl methyl sites for hydroxylation is 1. The molecule has 0 amide bonds. The van der Waals surface area contributed by atoms with Crippen LogP contribution in [0.1, 0.15) is 33.2 Å². The molecular weight excluding hydrogens is 240 g/mol. The first kappa shape index (κ1) is 11.8. The van der Waals surface area contributed by atoms with Gasteiger partial charge in [-0.25, -0.2) is 4.79 Å². The van der Waals surface area contributed by atoms with Crippen molar-refractivity contribution < 1.29 is 14.6 Å². The van der Waals surface area contributed by atoms with E-state index >= 15 is 0 Å². The minimum Gasteiger partial charge on any atom is -0.507 e. The van der Waals surface area contributed by atoms with Crippen LogP contribution < -0.4 is 0 Å². The number of phenolic OH excluding ortho intramolecular Hbond substituents is 1. The van der Waals surface area contributed by atoms with Crippen molar-refractivity contribution in [2.24, 2.45) is 0 Å². The van der Waals surface area contributed by atoms with Crippen LogP contribution in [0.15, 0.2) is 42.5 Å². The number of esters is 1. The molecule has 3 rings (SSSR count). The normalized spacial score (nSPS) is 17.7. The predicted octanol–water partition coefficient (Wildman–Crippen LogP) is 3.15. The van der Waals surface area contributed by atoms with Crippen LogP contribution >= 0.6 is 0 Å². The van der Waals surface area contributed by atoms with E-state index in [1.54, 1.807) is 6.07 Å². The Morgan fingerprint density at radius 3 is 2.63 bits per heavy atom. The van der Waals surface area contributed by atoms with Crippen molar-refractivity contribution in [1.29, 1.82) is 0 Å². The molecule has 3 nitrogen and oxygen atoms in total. The highest BCUT2D eigenvalue weighted by atomic mass is 16.5. The van der Waals surface area contributed by atoms with Gasteiger partial charge in [-0.3, -0.25) is 0 Å². The molecule has 1 N–H and O–H groups in total. The summed E-state index contributed by atoms with van der Waals surface area (Å²) in [5.74, 6) is -0.463. The summed E-state index contributed by atoms with van der Waals surface area (Å²) in [5, 5.41) is 9.72. The second-order valence-corrected chi connectivity index (χ2v) is 4.82. The summed E-state index contributed by atoms with van der Waals surface area (Å²) in [6, 6.07) is 13.1. The second-order valence-electron chi connectivity index (χ2n) is 4.82. The largest absolute Gasteiger partial charge is 0.507 e. The van der Waals surface area contributed by atoms with Gasteiger partial charge in [0.05, 0.1) is 0 Å². The molecule has 0 spiro atoms. The molecule has 1 aliphatic heterocycles. The molecule has 0 aromatic heterocycles. The molecule has 2 aromatic rings. The summed E-state index contributed by atoms with van der Waals surface area (Å²) in [6.45, 7) is 2.02. The first-order valence-corrected chi connectivity index (χ1v) is 6.23. The molecule has 19 heavy (non-hydrogen) atoms. The van der Waals surface area contributed by atoms with Gasteiger partial charge in [0.25, 0.3) is 0 Å². The summed E-state index contributed by atoms with van der Waals surface area (Å²) in [4.78, 5) is 12.0. The monoisotopic (exact) mass is 254 g/mol. The van der Waals surface area contributed by atoms with Crippen molar-refractivity contribution in [3.8, 4) is 5.75 Å². The number of benzene rings is 2. The number of aromatic hydroxyl groups is 1. The lowest BCUT2D eigenvalue weighted by molar-refractivity contribution is 0.0248. The van der Waals surface area contributed by atoms with Gasteiger partial charge in [-0.2, -0.15) is 0 Å². The van der Waals surface area contributed by atoms with Gasteiger partial charge in [-0.05, 0) is 24.1 Å². The molecule has 1 heterocycles. The highest BCUT2D eigenvalue weighted by Gasteiger charge is 2.29. The van der Waals surface area contributed by atoms with E-state index in [-0.39, 0.29) is 11.9 Å². The van der Waals surface area contributed by atoms with Gasteiger partial charge in [0, 0.05) is 6.42 Å². The minimum absolute atomic E-state index is 0.00939. The predicted molar refractivity (Wildman–Crippen MR) is 71.1 cm³/mol. The molecule has 0 saturated heterocycles. The zero-order valence-corrected chi connectivity index (χ0v) is 10.6. The number of phenols is 1. The molecule has 0 saturated carbocycles. The Morgan fingerprint density at radius 2 is 1.89 bits per heavy atom. The maximum absolute atomic E-state index is 12.0. The Labute approximate surface area is 111 Å². The van der Waals surface area contributed by atoms with Crippen molar-refractivity contribution in [1.82, 2.24) is 0 Å². The highest BCUT2D eigenvalue weighted by molar-refractivity contribution is 5.95. The van der Waals surface area contributed by atoms with E-state index in [0.717, 1.165) is 11.1 Å². The van der Waals surface area contributed by atoms with Crippen LogP contribution in [0.5, 0.6) is 5.75 Å². The number of hydrogen-bond donors (Lipinski definition) is 1. The third-order valence-corrected chi connectivity index (χ3v) is 3.44. The van der Waals surface area contributed by atoms with Crippen molar-refractivity contribution in [3.05, 3.63) is 64.7 Å². The molecule has 1 atom stereocenters. The minimum atomic E-state index is -0.454. The second kappa shape index (κ2) is 4.43. The topological polar surface area (TPSA) is 46.5 Å². The lowest BCUT2D eigenvalue weighted by atomic mass is 9.94. The van der Waals surface area contributed by atoms with Crippen molar-refractivity contribution in [2.75, 3.05) is 0 Å². The molecule has 96 valence electrons. The van der Waals surface area contributed by atoms with Gasteiger partial charge >= 0.3 is 5.97 Å². The number of carbonyl (C=O) groups is 1. The fraction of sp³-hybridized carbons (Fsp3) is 0.188. The molecule has 0 fully saturated rings. The Balaban J connectivity index is 1.97. The zero-order chi connectivity index (χ0) is 13.4. The number of carbonyl (C=O) groups excluding carboxylic acids is 1. The van der Waals surface area contributed by atoms with Crippen molar-refractivity contribution >= 4 is 5.97 Å². The van der Waals surface area contributed by atoms with Gasteiger partial charge in [0.2, 0.25) is 0 Å². The lowest BCUT2D eigenvalue weighted by Gasteiger charge is -2.25. The fourth-order valence-corrected chi connectivity index (χ4v) is 2.39. The number of hydrogen-bond acceptors (Lipinski definition) is 3. The van der Waals surface area contributed by atoms with Gasteiger partial charge < -0.3 is 9.84 Å². The quantitative estimate of drug-likeness (QED) is 0.795. The maximum Gasteiger partial charge on any atom is 0.342 e. The van der Waals surface area contributed by atoms with E-state index in [0.29, 0.717) is 12.0 Å². The number of rotatable bonds is 1. The molecule has 0 aliphatic carbocycles. The average molecular weight is 254 g/mol. The van der Waals surface area contributed by atoms with Crippen LogP contribution in [0.2, 0.25) is 0 Å². The van der Waals surface area contributed by atoms with Gasteiger partial charge in [-0.1, -0.05) is 42.0 Å². The fourth-order valence-electron chi connectivity index (χ4n) is 2.39. The van der Waals surface area contributed by atoms with E-state index in [9.17, 15) is 9.90 Å². The van der Waals surface area contributed by atoms with E-state index in [2.05, 4.69) is 0 Å². The van der Waals surface area contributed by atoms with Crippen LogP contribution in [0.3, 0.4) is 0 Å². The van der Waals surface area contributed by atoms with E-state index < -0.39 is 5.97 Å². The Morgan fingerprint density at radius 1 is 1.16 bits per heavy atom. The third-order valence-electron chi connectivity index (χ3n) is 3.44. The zero-order valence-electron chi connectivity index (χ0n) is 10.6. The molecule has 0 unspecified atom stereocenters. The van der Waals surface area contributed by atoms with E-state index in [1.165, 1.54) is 11.6 Å². The summed E-state index contributed by atoms with van der Waals surface area (Å²) >= 11 is 0. The number of cyclic esters (lactones) is 1. The van der Waals surface area contributed by atoms with E-state index in [1.807, 2.05) is 37.3 Å². The van der Waals surface area contributed by atoms with E-state index in [4.69, 9.17) is 4.74 Å². The summed E-state index contributed by atoms with van der Waals surface area (Å²) in [7, 11) is 0. The highest BCUT2D eigenvalue weighted by Crippen LogP contribution is 2.34. The van der Waals surface area contributed by atoms with Gasteiger partial charge in [-0.15, -0.1) is 0 Å². The molecule has 3 heteroatoms. The van der Waals surface area contributed by atoms with Gasteiger partial charge in [0.15, 0.2) is 0 Å². The molecule has 2 aromatic carbocycles. The van der Waals surface area contributed by atoms with Crippen LogP contribution in [0, 0.1) is 6.92 Å². The molecule has 0 radical (unpaired) electrons. The summed E-state index contributed by atoms with van der Waals surface area (Å²) < 4.78 is 5.42. The lowest BCUT2D eigenvalue weighted by Crippen LogP contribution is -2.21. The summed E-state index contributed by atoms with van der Waals surface area (Å²) in [6.07, 6.45) is 0.320. The standard InChI is InChI=1S/C16H14O3/c1-10-5-7-11(8-6-10)14-9-12-3-2-4-13(17)15(12)16(18)19-14/h2-8,14,17H,9H2,1H3/t14-/m0/s1. The van der Waals surface area contributed by atoms with Gasteiger partial charge in [0.1, 0.15) is 17.4 Å². The third kappa shape index (κ3) is 2.08. The van der Waals surface area contributed by atoms with Crippen molar-refractivity contribution in [2.45, 2.75) is 19.4 Å². The number of ether oxygens (including phenoxy) is 1. The Hall–Kier alpha value is -2.29. The Bertz CT molecular complexity index is 629. The molecular formula is C16H14O3. The van der Waals surface area contributed by atoms with Crippen molar-refractivity contribution in [3.63, 3.8) is 0 Å². The van der Waals surface area contributed by atoms with Crippen LogP contribution in [-0.4, -0.2) is 11.1 Å². The van der Waals surface area contributed by atoms with Crippen LogP contribution in [0.4, 0.5) is 0 Å². The van der Waals surface area contributed by atoms with Crippen LogP contribution in [-0.2, 0) is 11.2 Å². The van der Waals surface area contributed by atoms with Crippen LogP contribution in [0.25, 0.3) is 0 Å². The maximum atomic E-state index is 12.0. The average Bonchev–Trinajstić information content (AvgIpc) is 2.39.